The Kier molecular flexibility index (Phi) is 5.11. The second kappa shape index (κ2) is 6.59. The number of aryl methyl sites for hydroxylation is 2. The highest BCUT2D eigenvalue weighted by molar-refractivity contribution is 6.02. The molecule has 1 rings (SSSR count). The van der Waals surface area contributed by atoms with Crippen LogP contribution in [0.5, 0.6) is 0 Å². The van der Waals surface area contributed by atoms with E-state index in [1.165, 1.54) is 0 Å². The van der Waals surface area contributed by atoms with Crippen molar-refractivity contribution in [3.63, 3.8) is 0 Å². The number of ether oxygens (including phenoxy) is 1. The first-order valence-electron chi connectivity index (χ1n) is 5.76. The van der Waals surface area contributed by atoms with Crippen LogP contribution in [0.3, 0.4) is 0 Å². The van der Waals surface area contributed by atoms with Crippen LogP contribution in [-0.4, -0.2) is 18.5 Å². The van der Waals surface area contributed by atoms with Crippen molar-refractivity contribution in [3.05, 3.63) is 41.5 Å². The molecule has 0 fully saturated rings. The minimum atomic E-state index is -0.520. The maximum Gasteiger partial charge on any atom is 0.330 e. The average molecular weight is 247 g/mol. The first-order chi connectivity index (χ1) is 8.52. The van der Waals surface area contributed by atoms with Crippen molar-refractivity contribution < 1.29 is 14.3 Å². The van der Waals surface area contributed by atoms with Gasteiger partial charge in [-0.3, -0.25) is 4.79 Å². The molecule has 0 aliphatic carbocycles. The van der Waals surface area contributed by atoms with Crippen molar-refractivity contribution in [2.45, 2.75) is 20.8 Å². The molecule has 0 atom stereocenters. The zero-order chi connectivity index (χ0) is 13.5. The monoisotopic (exact) mass is 247 g/mol. The van der Waals surface area contributed by atoms with E-state index in [4.69, 9.17) is 0 Å². The van der Waals surface area contributed by atoms with Gasteiger partial charge in [0.25, 0.3) is 0 Å². The highest BCUT2D eigenvalue weighted by Gasteiger charge is 2.02. The molecular weight excluding hydrogens is 230 g/mol. The molecule has 0 aliphatic rings. The van der Waals surface area contributed by atoms with E-state index in [-0.39, 0.29) is 5.91 Å². The second-order valence-electron chi connectivity index (χ2n) is 3.89. The molecule has 0 saturated carbocycles. The molecule has 0 aliphatic heterocycles. The summed E-state index contributed by atoms with van der Waals surface area (Å²) in [5.41, 5.74) is 2.85. The Balaban J connectivity index is 2.62. The Bertz CT molecular complexity index is 478. The van der Waals surface area contributed by atoms with Crippen molar-refractivity contribution >= 4 is 17.6 Å². The number of benzene rings is 1. The van der Waals surface area contributed by atoms with Gasteiger partial charge in [0.1, 0.15) is 0 Å². The zero-order valence-electron chi connectivity index (χ0n) is 10.8. The van der Waals surface area contributed by atoms with Crippen LogP contribution in [0, 0.1) is 13.8 Å². The van der Waals surface area contributed by atoms with Crippen LogP contribution in [-0.2, 0) is 14.3 Å². The number of carbonyl (C=O) groups is 2. The van der Waals surface area contributed by atoms with Gasteiger partial charge in [-0.05, 0) is 32.4 Å². The number of nitrogens with one attached hydrogen (secondary N) is 1. The lowest BCUT2D eigenvalue weighted by Crippen LogP contribution is -2.10. The van der Waals surface area contributed by atoms with E-state index in [0.29, 0.717) is 6.61 Å². The summed E-state index contributed by atoms with van der Waals surface area (Å²) in [4.78, 5) is 22.6. The van der Waals surface area contributed by atoms with Crippen molar-refractivity contribution in [3.8, 4) is 0 Å². The number of esters is 1. The Labute approximate surface area is 107 Å². The van der Waals surface area contributed by atoms with Crippen molar-refractivity contribution in [1.29, 1.82) is 0 Å². The number of rotatable bonds is 4. The van der Waals surface area contributed by atoms with E-state index in [1.807, 2.05) is 32.0 Å². The minimum Gasteiger partial charge on any atom is -0.463 e. The maximum atomic E-state index is 11.6. The molecule has 0 unspecified atom stereocenters. The van der Waals surface area contributed by atoms with E-state index in [9.17, 15) is 9.59 Å². The third-order valence-electron chi connectivity index (χ3n) is 2.30. The third kappa shape index (κ3) is 4.41. The van der Waals surface area contributed by atoms with Gasteiger partial charge in [0.2, 0.25) is 5.91 Å². The summed E-state index contributed by atoms with van der Waals surface area (Å²) < 4.78 is 4.68. The standard InChI is InChI=1S/C14H17NO3/c1-4-18-14(17)8-7-13(16)15-12-6-5-10(2)9-11(12)3/h5-9H,4H2,1-3H3,(H,15,16)/b8-7+. The lowest BCUT2D eigenvalue weighted by atomic mass is 10.1. The van der Waals surface area contributed by atoms with Crippen LogP contribution in [0.2, 0.25) is 0 Å². The predicted octanol–water partition coefficient (Wildman–Crippen LogP) is 2.36. The van der Waals surface area contributed by atoms with Gasteiger partial charge in [0.05, 0.1) is 6.61 Å². The first-order valence-corrected chi connectivity index (χ1v) is 5.76. The molecular formula is C14H17NO3. The molecule has 1 aromatic carbocycles. The molecule has 0 aromatic heterocycles. The van der Waals surface area contributed by atoms with Gasteiger partial charge in [-0.1, -0.05) is 17.7 Å². The normalized spacial score (nSPS) is 10.4. The number of amides is 1. The van der Waals surface area contributed by atoms with Crippen LogP contribution in [0.15, 0.2) is 30.4 Å². The summed E-state index contributed by atoms with van der Waals surface area (Å²) in [6, 6.07) is 5.73. The molecule has 0 bridgehead atoms. The number of anilines is 1. The van der Waals surface area contributed by atoms with Gasteiger partial charge < -0.3 is 10.1 Å². The Morgan fingerprint density at radius 1 is 1.28 bits per heavy atom. The number of hydrogen-bond donors (Lipinski definition) is 1. The summed E-state index contributed by atoms with van der Waals surface area (Å²) in [7, 11) is 0. The fraction of sp³-hybridized carbons (Fsp3) is 0.286. The van der Waals surface area contributed by atoms with Gasteiger partial charge in [-0.15, -0.1) is 0 Å². The fourth-order valence-corrected chi connectivity index (χ4v) is 1.46. The first kappa shape index (κ1) is 14.0. The molecule has 96 valence electrons. The summed E-state index contributed by atoms with van der Waals surface area (Å²) in [5.74, 6) is -0.872. The topological polar surface area (TPSA) is 55.4 Å². The third-order valence-corrected chi connectivity index (χ3v) is 2.30. The van der Waals surface area contributed by atoms with Gasteiger partial charge >= 0.3 is 5.97 Å². The van der Waals surface area contributed by atoms with E-state index in [1.54, 1.807) is 6.92 Å². The van der Waals surface area contributed by atoms with Gasteiger partial charge in [0, 0.05) is 17.8 Å². The largest absolute Gasteiger partial charge is 0.463 e. The van der Waals surface area contributed by atoms with Gasteiger partial charge in [0.15, 0.2) is 0 Å². The van der Waals surface area contributed by atoms with Gasteiger partial charge in [-0.2, -0.15) is 0 Å². The molecule has 1 aromatic rings. The predicted molar refractivity (Wildman–Crippen MR) is 70.3 cm³/mol. The van der Waals surface area contributed by atoms with Crippen LogP contribution in [0.1, 0.15) is 18.1 Å². The Morgan fingerprint density at radius 2 is 2.00 bits per heavy atom. The second-order valence-corrected chi connectivity index (χ2v) is 3.89. The summed E-state index contributed by atoms with van der Waals surface area (Å²) in [6.07, 6.45) is 2.28. The lowest BCUT2D eigenvalue weighted by molar-refractivity contribution is -0.137. The van der Waals surface area contributed by atoms with E-state index in [2.05, 4.69) is 10.1 Å². The molecule has 0 saturated heterocycles. The molecule has 4 heteroatoms. The lowest BCUT2D eigenvalue weighted by Gasteiger charge is -2.06. The van der Waals surface area contributed by atoms with Crippen LogP contribution < -0.4 is 5.32 Å². The molecule has 4 nitrogen and oxygen atoms in total. The van der Waals surface area contributed by atoms with Crippen LogP contribution >= 0.6 is 0 Å². The average Bonchev–Trinajstić information content (AvgIpc) is 2.31. The summed E-state index contributed by atoms with van der Waals surface area (Å²) in [6.45, 7) is 5.90. The highest BCUT2D eigenvalue weighted by Crippen LogP contribution is 2.15. The quantitative estimate of drug-likeness (QED) is 0.656. The van der Waals surface area contributed by atoms with Crippen molar-refractivity contribution in [2.24, 2.45) is 0 Å². The fourth-order valence-electron chi connectivity index (χ4n) is 1.46. The Hall–Kier alpha value is -2.10. The van der Waals surface area contributed by atoms with E-state index in [0.717, 1.165) is 29.0 Å². The molecule has 0 radical (unpaired) electrons. The molecule has 0 heterocycles. The molecule has 1 N–H and O–H groups in total. The van der Waals surface area contributed by atoms with Crippen LogP contribution in [0.25, 0.3) is 0 Å². The summed E-state index contributed by atoms with van der Waals surface area (Å²) >= 11 is 0. The van der Waals surface area contributed by atoms with Crippen LogP contribution in [0.4, 0.5) is 5.69 Å². The highest BCUT2D eigenvalue weighted by atomic mass is 16.5. The minimum absolute atomic E-state index is 0.294. The number of carbonyl (C=O) groups excluding carboxylic acids is 2. The molecule has 1 amide bonds. The molecule has 0 spiro atoms. The van der Waals surface area contributed by atoms with Gasteiger partial charge in [-0.25, -0.2) is 4.79 Å². The van der Waals surface area contributed by atoms with E-state index >= 15 is 0 Å². The van der Waals surface area contributed by atoms with E-state index < -0.39 is 5.97 Å². The zero-order valence-corrected chi connectivity index (χ0v) is 10.8. The maximum absolute atomic E-state index is 11.6. The SMILES string of the molecule is CCOC(=O)/C=C/C(=O)Nc1ccc(C)cc1C. The smallest absolute Gasteiger partial charge is 0.330 e. The van der Waals surface area contributed by atoms with Crippen molar-refractivity contribution in [1.82, 2.24) is 0 Å². The molecule has 18 heavy (non-hydrogen) atoms. The van der Waals surface area contributed by atoms with Crippen molar-refractivity contribution in [2.75, 3.05) is 11.9 Å². The number of hydrogen-bond acceptors (Lipinski definition) is 3. The summed E-state index contributed by atoms with van der Waals surface area (Å²) in [5, 5.41) is 2.70. The Morgan fingerprint density at radius 3 is 2.61 bits per heavy atom.